The van der Waals surface area contributed by atoms with Gasteiger partial charge in [-0.05, 0) is 194 Å². The molecule has 0 fully saturated rings. The zero-order chi connectivity index (χ0) is 79.7. The number of hydrogen-bond acceptors (Lipinski definition) is 10. The monoisotopic (exact) mass is 1560 g/mol. The number of para-hydroxylation sites is 7. The third kappa shape index (κ3) is 13.9. The Morgan fingerprint density at radius 1 is 0.167 bits per heavy atom. The summed E-state index contributed by atoms with van der Waals surface area (Å²) in [4.78, 5) is 36.9. The molecule has 0 saturated heterocycles. The van der Waals surface area contributed by atoms with Crippen LogP contribution in [0.5, 0.6) is 0 Å². The summed E-state index contributed by atoms with van der Waals surface area (Å²) in [7, 11) is 0. The summed E-state index contributed by atoms with van der Waals surface area (Å²) >= 11 is 1.81. The summed E-state index contributed by atoms with van der Waals surface area (Å²) in [5, 5.41) is 7.09. The molecular weight excluding hydrogens is 1480 g/mol. The summed E-state index contributed by atoms with van der Waals surface area (Å²) in [5.41, 5.74) is 22.2. The van der Waals surface area contributed by atoms with Crippen molar-refractivity contribution in [2.75, 3.05) is 14.7 Å². The second kappa shape index (κ2) is 31.6. The van der Waals surface area contributed by atoms with Crippen molar-refractivity contribution < 1.29 is 0 Å². The van der Waals surface area contributed by atoms with E-state index in [4.69, 9.17) is 29.9 Å². The Balaban J connectivity index is 0.000000149. The molecule has 11 nitrogen and oxygen atoms in total. The highest BCUT2D eigenvalue weighted by molar-refractivity contribution is 7.25. The maximum atomic E-state index is 5.03. The molecular formula is C108H73N11S. The van der Waals surface area contributed by atoms with Gasteiger partial charge in [0.2, 0.25) is 0 Å². The molecule has 5 heterocycles. The van der Waals surface area contributed by atoms with Crippen LogP contribution in [0.1, 0.15) is 0 Å². The predicted molar refractivity (Wildman–Crippen MR) is 498 cm³/mol. The minimum Gasteiger partial charge on any atom is -0.310 e. The van der Waals surface area contributed by atoms with E-state index >= 15 is 0 Å². The Labute approximate surface area is 697 Å². The molecule has 0 N–H and O–H groups in total. The van der Waals surface area contributed by atoms with Crippen LogP contribution in [-0.4, -0.2) is 39.0 Å². The SMILES string of the molecule is c1ccc(-c2nc(-c3ccccc3)nc(-c3ccc(-n4c5ccc(N(c6ccccc6)c6ccccc6)cc5c5cc(N(c6ccccc6)c6ccccc6)ccc54)cc3)n2)cc1.c1ccc(-c2nc(-c3ccccc3)nc(-c3ccc4sc5ccc(-n6c7ccccc7c7cc(N(c8ccccc8)c8ccccc8)ccc76)cc5c4c3)n2)cc1. The maximum Gasteiger partial charge on any atom is 0.164 e. The van der Waals surface area contributed by atoms with Gasteiger partial charge in [-0.1, -0.05) is 249 Å². The quantitative estimate of drug-likeness (QED) is 0.0883. The van der Waals surface area contributed by atoms with Gasteiger partial charge in [0, 0.05) is 138 Å². The van der Waals surface area contributed by atoms with Crippen LogP contribution in [0.4, 0.5) is 51.2 Å². The lowest BCUT2D eigenvalue weighted by atomic mass is 10.1. The molecule has 12 heteroatoms. The smallest absolute Gasteiger partial charge is 0.164 e. The van der Waals surface area contributed by atoms with Crippen LogP contribution < -0.4 is 14.7 Å². The van der Waals surface area contributed by atoms with Crippen molar-refractivity contribution in [3.63, 3.8) is 0 Å². The van der Waals surface area contributed by atoms with Crippen LogP contribution in [0, 0.1) is 0 Å². The van der Waals surface area contributed by atoms with Gasteiger partial charge in [0.05, 0.1) is 22.1 Å². The van der Waals surface area contributed by atoms with E-state index in [1.165, 1.54) is 36.5 Å². The fourth-order valence-corrected chi connectivity index (χ4v) is 17.5. The second-order valence-electron chi connectivity index (χ2n) is 29.4. The van der Waals surface area contributed by atoms with E-state index in [2.05, 4.69) is 345 Å². The zero-order valence-electron chi connectivity index (χ0n) is 65.0. The molecule has 17 aromatic carbocycles. The van der Waals surface area contributed by atoms with Crippen LogP contribution in [0.15, 0.2) is 443 Å². The maximum absolute atomic E-state index is 5.03. The molecule has 0 amide bonds. The van der Waals surface area contributed by atoms with Crippen molar-refractivity contribution in [1.29, 1.82) is 0 Å². The first-order valence-corrected chi connectivity index (χ1v) is 41.0. The van der Waals surface area contributed by atoms with Crippen molar-refractivity contribution >= 4 is 126 Å². The standard InChI is InChI=1S/C57H40N6.C51H33N5S/c1-7-19-41(20-8-1)55-58-56(42-21-9-2-10-22-42)60-57(59-55)43-31-33-48(34-32-43)63-53-37-35-49(61(44-23-11-3-12-24-44)45-25-13-4-14-26-45)39-51(53)52-40-50(36-38-54(52)63)62(46-27-15-5-16-28-46)47-29-17-6-18-30-47;1-5-15-34(16-6-1)49-52-50(35-17-7-2-8-18-35)54-51(53-49)36-25-29-47-43(31-36)44-33-40(27-30-48(44)57-47)56-45-24-14-13-23-41(45)42-32-39(26-28-46(42)56)55(37-19-9-3-10-20-37)38-21-11-4-12-22-38/h1-40H;1-33H. The Morgan fingerprint density at radius 3 is 0.767 bits per heavy atom. The summed E-state index contributed by atoms with van der Waals surface area (Å²) < 4.78 is 7.23. The highest BCUT2D eigenvalue weighted by Crippen LogP contribution is 2.46. The molecule has 0 aliphatic heterocycles. The first-order chi connectivity index (χ1) is 59.5. The van der Waals surface area contributed by atoms with Gasteiger partial charge in [0.25, 0.3) is 0 Å². The van der Waals surface area contributed by atoms with E-state index < -0.39 is 0 Å². The van der Waals surface area contributed by atoms with E-state index in [0.717, 1.165) is 123 Å². The number of nitrogens with zero attached hydrogens (tertiary/aromatic N) is 11. The normalized spacial score (nSPS) is 11.3. The predicted octanol–water partition coefficient (Wildman–Crippen LogP) is 28.7. The van der Waals surface area contributed by atoms with Crippen molar-refractivity contribution in [2.45, 2.75) is 0 Å². The van der Waals surface area contributed by atoms with Crippen LogP contribution >= 0.6 is 11.3 Å². The minimum atomic E-state index is 0.620. The van der Waals surface area contributed by atoms with Crippen LogP contribution in [-0.2, 0) is 0 Å². The Bertz CT molecular complexity index is 7060. The number of aromatic nitrogens is 8. The topological polar surface area (TPSA) is 96.9 Å². The van der Waals surface area contributed by atoms with E-state index in [1.54, 1.807) is 0 Å². The average Bonchev–Trinajstić information content (AvgIpc) is 1.58. The lowest BCUT2D eigenvalue weighted by Crippen LogP contribution is -2.09. The van der Waals surface area contributed by atoms with Gasteiger partial charge in [0.1, 0.15) is 0 Å². The van der Waals surface area contributed by atoms with Crippen LogP contribution in [0.25, 0.3) is 143 Å². The van der Waals surface area contributed by atoms with E-state index in [1.807, 2.05) is 133 Å². The Hall–Kier alpha value is -16.0. The summed E-state index contributed by atoms with van der Waals surface area (Å²) in [5.74, 6) is 3.85. The first kappa shape index (κ1) is 71.7. The molecule has 0 radical (unpaired) electrons. The number of thiophene rings is 1. The molecule has 566 valence electrons. The molecule has 5 aromatic heterocycles. The number of anilines is 9. The minimum absolute atomic E-state index is 0.620. The molecule has 0 aliphatic carbocycles. The number of rotatable bonds is 17. The van der Waals surface area contributed by atoms with Crippen molar-refractivity contribution in [3.8, 4) is 79.7 Å². The molecule has 0 atom stereocenters. The molecule has 0 aliphatic rings. The van der Waals surface area contributed by atoms with Crippen LogP contribution in [0.3, 0.4) is 0 Å². The molecule has 120 heavy (non-hydrogen) atoms. The van der Waals surface area contributed by atoms with Gasteiger partial charge in [-0.15, -0.1) is 11.3 Å². The lowest BCUT2D eigenvalue weighted by molar-refractivity contribution is 1.07. The molecule has 0 bridgehead atoms. The third-order valence-corrected chi connectivity index (χ3v) is 23.2. The first-order valence-electron chi connectivity index (χ1n) is 40.1. The van der Waals surface area contributed by atoms with E-state index in [9.17, 15) is 0 Å². The molecule has 0 saturated carbocycles. The van der Waals surface area contributed by atoms with E-state index in [-0.39, 0.29) is 0 Å². The molecule has 0 unspecified atom stereocenters. The van der Waals surface area contributed by atoms with Crippen molar-refractivity contribution in [2.24, 2.45) is 0 Å². The summed E-state index contributed by atoms with van der Waals surface area (Å²) in [6.45, 7) is 0. The van der Waals surface area contributed by atoms with Crippen molar-refractivity contribution in [3.05, 3.63) is 443 Å². The number of fused-ring (bicyclic) bond motifs is 9. The summed E-state index contributed by atoms with van der Waals surface area (Å²) in [6, 6.07) is 155. The average molecular weight is 1560 g/mol. The highest BCUT2D eigenvalue weighted by Gasteiger charge is 2.24. The summed E-state index contributed by atoms with van der Waals surface area (Å²) in [6.07, 6.45) is 0. The zero-order valence-corrected chi connectivity index (χ0v) is 65.8. The molecule has 22 rings (SSSR count). The van der Waals surface area contributed by atoms with Gasteiger partial charge in [-0.3, -0.25) is 0 Å². The van der Waals surface area contributed by atoms with Crippen LogP contribution in [0.2, 0.25) is 0 Å². The van der Waals surface area contributed by atoms with Gasteiger partial charge in [-0.25, -0.2) is 29.9 Å². The molecule has 22 aromatic rings. The lowest BCUT2D eigenvalue weighted by Gasteiger charge is -2.26. The van der Waals surface area contributed by atoms with Gasteiger partial charge in [-0.2, -0.15) is 0 Å². The third-order valence-electron chi connectivity index (χ3n) is 22.0. The van der Waals surface area contributed by atoms with Crippen molar-refractivity contribution in [1.82, 2.24) is 39.0 Å². The fourth-order valence-electron chi connectivity index (χ4n) is 16.4. The number of hydrogen-bond donors (Lipinski definition) is 0. The van der Waals surface area contributed by atoms with Gasteiger partial charge in [0.15, 0.2) is 34.9 Å². The number of benzene rings is 17. The Morgan fingerprint density at radius 2 is 0.417 bits per heavy atom. The second-order valence-corrected chi connectivity index (χ2v) is 30.5. The Kier molecular flexibility index (Phi) is 18.9. The fraction of sp³-hybridized carbons (Fsp3) is 0. The van der Waals surface area contributed by atoms with Gasteiger partial charge < -0.3 is 23.8 Å². The molecule has 0 spiro atoms. The largest absolute Gasteiger partial charge is 0.310 e. The highest BCUT2D eigenvalue weighted by atomic mass is 32.1. The van der Waals surface area contributed by atoms with E-state index in [0.29, 0.717) is 34.9 Å². The van der Waals surface area contributed by atoms with Gasteiger partial charge >= 0.3 is 0 Å².